The molecule has 5 rings (SSSR count). The zero-order chi connectivity index (χ0) is 21.4. The molecular formula is C24H19N5O2. The van der Waals surface area contributed by atoms with Crippen molar-refractivity contribution in [1.29, 1.82) is 0 Å². The first kappa shape index (κ1) is 18.7. The van der Waals surface area contributed by atoms with Crippen LogP contribution in [0.5, 0.6) is 5.75 Å². The molecule has 152 valence electrons. The van der Waals surface area contributed by atoms with E-state index in [0.717, 1.165) is 22.0 Å². The van der Waals surface area contributed by atoms with E-state index in [1.165, 1.54) is 0 Å². The van der Waals surface area contributed by atoms with E-state index in [2.05, 4.69) is 15.5 Å². The number of hydrogen-bond acceptors (Lipinski definition) is 5. The van der Waals surface area contributed by atoms with Gasteiger partial charge < -0.3 is 10.1 Å². The Bertz CT molecular complexity index is 1420. The zero-order valence-corrected chi connectivity index (χ0v) is 17.0. The second kappa shape index (κ2) is 7.53. The highest BCUT2D eigenvalue weighted by molar-refractivity contribution is 6.06. The molecule has 3 aromatic carbocycles. The fourth-order valence-electron chi connectivity index (χ4n) is 3.63. The number of nitrogens with one attached hydrogen (secondary N) is 1. The van der Waals surface area contributed by atoms with Crippen molar-refractivity contribution in [1.82, 2.24) is 19.8 Å². The minimum absolute atomic E-state index is 0.224. The number of methoxy groups -OCH3 is 1. The van der Waals surface area contributed by atoms with Crippen LogP contribution in [0.4, 0.5) is 5.69 Å². The summed E-state index contributed by atoms with van der Waals surface area (Å²) in [5.74, 6) is 1.04. The lowest BCUT2D eigenvalue weighted by molar-refractivity contribution is 0.102. The zero-order valence-electron chi connectivity index (χ0n) is 17.0. The Labute approximate surface area is 178 Å². The molecular weight excluding hydrogens is 390 g/mol. The van der Waals surface area contributed by atoms with E-state index in [4.69, 9.17) is 9.84 Å². The number of nitrogens with zero attached hydrogens (tertiary/aromatic N) is 4. The number of carbonyl (C=O) groups is 1. The first-order valence-corrected chi connectivity index (χ1v) is 9.81. The summed E-state index contributed by atoms with van der Waals surface area (Å²) in [5, 5.41) is 18.5. The van der Waals surface area contributed by atoms with Crippen LogP contribution >= 0.6 is 0 Å². The molecule has 0 saturated carbocycles. The third kappa shape index (κ3) is 3.26. The normalized spacial score (nSPS) is 11.0. The smallest absolute Gasteiger partial charge is 0.255 e. The molecule has 0 radical (unpaired) electrons. The van der Waals surface area contributed by atoms with Crippen LogP contribution in [0.1, 0.15) is 16.1 Å². The molecule has 0 aliphatic heterocycles. The molecule has 1 N–H and O–H groups in total. The summed E-state index contributed by atoms with van der Waals surface area (Å²) < 4.78 is 6.89. The third-order valence-electron chi connectivity index (χ3n) is 5.22. The number of carbonyl (C=O) groups excluding carboxylic acids is 1. The minimum Gasteiger partial charge on any atom is -0.497 e. The molecule has 1 amide bonds. The Hall–Kier alpha value is -4.26. The van der Waals surface area contributed by atoms with Gasteiger partial charge in [-0.3, -0.25) is 4.79 Å². The van der Waals surface area contributed by atoms with Crippen LogP contribution in [0.25, 0.3) is 27.8 Å². The van der Waals surface area contributed by atoms with Crippen LogP contribution in [0.2, 0.25) is 0 Å². The van der Waals surface area contributed by atoms with E-state index in [9.17, 15) is 4.79 Å². The van der Waals surface area contributed by atoms with Crippen LogP contribution in [0.15, 0.2) is 72.8 Å². The van der Waals surface area contributed by atoms with E-state index in [-0.39, 0.29) is 5.91 Å². The van der Waals surface area contributed by atoms with Gasteiger partial charge in [-0.25, -0.2) is 0 Å². The maximum absolute atomic E-state index is 12.8. The molecule has 0 fully saturated rings. The summed E-state index contributed by atoms with van der Waals surface area (Å²) in [7, 11) is 1.59. The molecule has 0 unspecified atom stereocenters. The van der Waals surface area contributed by atoms with Gasteiger partial charge in [0.05, 0.1) is 18.5 Å². The number of para-hydroxylation sites is 1. The van der Waals surface area contributed by atoms with Crippen LogP contribution in [-0.2, 0) is 0 Å². The largest absolute Gasteiger partial charge is 0.497 e. The molecule has 2 heterocycles. The number of amides is 1. The molecule has 0 bridgehead atoms. The molecule has 0 atom stereocenters. The second-order valence-electron chi connectivity index (χ2n) is 7.12. The number of benzene rings is 3. The molecule has 0 spiro atoms. The highest BCUT2D eigenvalue weighted by atomic mass is 16.5. The monoisotopic (exact) mass is 409 g/mol. The first-order valence-electron chi connectivity index (χ1n) is 9.81. The van der Waals surface area contributed by atoms with Crippen LogP contribution < -0.4 is 10.1 Å². The number of anilines is 1. The lowest BCUT2D eigenvalue weighted by Crippen LogP contribution is -2.13. The molecule has 7 heteroatoms. The summed E-state index contributed by atoms with van der Waals surface area (Å²) in [6, 6.07) is 22.4. The molecule has 0 aliphatic carbocycles. The Kier molecular flexibility index (Phi) is 4.55. The SMILES string of the molecule is COc1ccc(C(=O)Nc2ccccc2-c2nnc3c4ccccc4c(C)nn23)cc1. The van der Waals surface area contributed by atoms with Crippen molar-refractivity contribution in [2.24, 2.45) is 0 Å². The lowest BCUT2D eigenvalue weighted by atomic mass is 10.1. The van der Waals surface area contributed by atoms with Gasteiger partial charge in [-0.2, -0.15) is 9.61 Å². The van der Waals surface area contributed by atoms with Crippen molar-refractivity contribution in [2.75, 3.05) is 12.4 Å². The Morgan fingerprint density at radius 2 is 1.61 bits per heavy atom. The van der Waals surface area contributed by atoms with Crippen molar-refractivity contribution in [3.05, 3.63) is 84.1 Å². The predicted octanol–water partition coefficient (Wildman–Crippen LogP) is 4.51. The summed E-state index contributed by atoms with van der Waals surface area (Å²) in [6.07, 6.45) is 0. The van der Waals surface area contributed by atoms with Crippen molar-refractivity contribution in [2.45, 2.75) is 6.92 Å². The standard InChI is InChI=1S/C24H19N5O2/c1-15-18-7-3-4-8-19(18)22-26-27-23(29(22)28-15)20-9-5-6-10-21(20)25-24(30)16-11-13-17(31-2)14-12-16/h3-14H,1-2H3,(H,25,30). The quantitative estimate of drug-likeness (QED) is 0.472. The maximum atomic E-state index is 12.8. The number of ether oxygens (including phenoxy) is 1. The second-order valence-corrected chi connectivity index (χ2v) is 7.12. The number of hydrogen-bond donors (Lipinski definition) is 1. The van der Waals surface area contributed by atoms with Gasteiger partial charge in [-0.05, 0) is 43.3 Å². The first-order chi connectivity index (χ1) is 15.2. The van der Waals surface area contributed by atoms with Crippen molar-refractivity contribution in [3.8, 4) is 17.1 Å². The van der Waals surface area contributed by atoms with E-state index < -0.39 is 0 Å². The average Bonchev–Trinajstić information content (AvgIpc) is 3.23. The highest BCUT2D eigenvalue weighted by Crippen LogP contribution is 2.29. The Balaban J connectivity index is 1.58. The lowest BCUT2D eigenvalue weighted by Gasteiger charge is -2.11. The average molecular weight is 409 g/mol. The molecule has 7 nitrogen and oxygen atoms in total. The molecule has 5 aromatic rings. The fourth-order valence-corrected chi connectivity index (χ4v) is 3.63. The van der Waals surface area contributed by atoms with Crippen molar-refractivity contribution >= 4 is 28.0 Å². The van der Waals surface area contributed by atoms with Gasteiger partial charge in [0.2, 0.25) is 0 Å². The van der Waals surface area contributed by atoms with Gasteiger partial charge >= 0.3 is 0 Å². The Morgan fingerprint density at radius 1 is 0.903 bits per heavy atom. The number of aromatic nitrogens is 4. The summed E-state index contributed by atoms with van der Waals surface area (Å²) in [4.78, 5) is 12.8. The summed E-state index contributed by atoms with van der Waals surface area (Å²) in [5.41, 5.74) is 3.45. The van der Waals surface area contributed by atoms with Crippen LogP contribution in [0.3, 0.4) is 0 Å². The molecule has 2 aromatic heterocycles. The molecule has 0 saturated heterocycles. The van der Waals surface area contributed by atoms with E-state index in [1.54, 1.807) is 35.9 Å². The van der Waals surface area contributed by atoms with E-state index in [0.29, 0.717) is 28.5 Å². The summed E-state index contributed by atoms with van der Waals surface area (Å²) in [6.45, 7) is 1.96. The predicted molar refractivity (Wildman–Crippen MR) is 119 cm³/mol. The third-order valence-corrected chi connectivity index (χ3v) is 5.22. The molecule has 31 heavy (non-hydrogen) atoms. The van der Waals surface area contributed by atoms with Gasteiger partial charge in [0.1, 0.15) is 5.75 Å². The van der Waals surface area contributed by atoms with Gasteiger partial charge in [0.15, 0.2) is 11.5 Å². The van der Waals surface area contributed by atoms with Crippen LogP contribution in [0, 0.1) is 6.92 Å². The maximum Gasteiger partial charge on any atom is 0.255 e. The van der Waals surface area contributed by atoms with Gasteiger partial charge in [-0.15, -0.1) is 10.2 Å². The van der Waals surface area contributed by atoms with Crippen molar-refractivity contribution < 1.29 is 9.53 Å². The molecule has 0 aliphatic rings. The van der Waals surface area contributed by atoms with Gasteiger partial charge in [0, 0.05) is 21.9 Å². The number of fused-ring (bicyclic) bond motifs is 3. The van der Waals surface area contributed by atoms with Crippen LogP contribution in [-0.4, -0.2) is 32.8 Å². The van der Waals surface area contributed by atoms with E-state index >= 15 is 0 Å². The number of aryl methyl sites for hydroxylation is 1. The van der Waals surface area contributed by atoms with Gasteiger partial charge in [0.25, 0.3) is 5.91 Å². The highest BCUT2D eigenvalue weighted by Gasteiger charge is 2.17. The van der Waals surface area contributed by atoms with E-state index in [1.807, 2.05) is 55.5 Å². The Morgan fingerprint density at radius 3 is 2.39 bits per heavy atom. The number of rotatable bonds is 4. The fraction of sp³-hybridized carbons (Fsp3) is 0.0833. The van der Waals surface area contributed by atoms with Crippen molar-refractivity contribution in [3.63, 3.8) is 0 Å². The minimum atomic E-state index is -0.224. The van der Waals surface area contributed by atoms with Gasteiger partial charge in [-0.1, -0.05) is 36.4 Å². The topological polar surface area (TPSA) is 81.4 Å². The summed E-state index contributed by atoms with van der Waals surface area (Å²) >= 11 is 0.